The number of aryl methyl sites for hydroxylation is 1. The minimum atomic E-state index is -0.484. The van der Waals surface area contributed by atoms with Crippen molar-refractivity contribution in [1.29, 1.82) is 5.41 Å². The van der Waals surface area contributed by atoms with E-state index in [2.05, 4.69) is 10.1 Å². The van der Waals surface area contributed by atoms with Gasteiger partial charge in [-0.2, -0.15) is 15.1 Å². The second-order valence-corrected chi connectivity index (χ2v) is 10.1. The summed E-state index contributed by atoms with van der Waals surface area (Å²) in [6.07, 6.45) is 3.60. The van der Waals surface area contributed by atoms with Crippen LogP contribution in [0.1, 0.15) is 16.7 Å². The van der Waals surface area contributed by atoms with E-state index in [1.165, 1.54) is 28.9 Å². The van der Waals surface area contributed by atoms with Crippen molar-refractivity contribution in [3.05, 3.63) is 111 Å². The highest BCUT2D eigenvalue weighted by atomic mass is 32.2. The van der Waals surface area contributed by atoms with Crippen LogP contribution in [0.15, 0.2) is 94.7 Å². The number of hydrogen-bond acceptors (Lipinski definition) is 7. The lowest BCUT2D eigenvalue weighted by Gasteiger charge is -2.20. The summed E-state index contributed by atoms with van der Waals surface area (Å²) in [6, 6.07) is 21.6. The van der Waals surface area contributed by atoms with Gasteiger partial charge in [0.25, 0.3) is 11.6 Å². The monoisotopic (exact) mass is 550 g/mol. The molecule has 0 bridgehead atoms. The molecule has 0 unspecified atom stereocenters. The maximum atomic E-state index is 13.0. The molecule has 1 amide bonds. The zero-order valence-corrected chi connectivity index (χ0v) is 22.1. The smallest absolute Gasteiger partial charge is 0.283 e. The number of amidine groups is 2. The van der Waals surface area contributed by atoms with Crippen molar-refractivity contribution in [3.8, 4) is 5.75 Å². The lowest BCUT2D eigenvalue weighted by atomic mass is 10.1. The molecule has 4 aromatic rings. The number of hydrogen-bond donors (Lipinski definition) is 1. The van der Waals surface area contributed by atoms with Crippen LogP contribution in [0.25, 0.3) is 17.0 Å². The summed E-state index contributed by atoms with van der Waals surface area (Å²) in [6.45, 7) is 2.84. The fourth-order valence-corrected chi connectivity index (χ4v) is 5.36. The molecule has 0 fully saturated rings. The molecule has 0 radical (unpaired) electrons. The Labute approximate surface area is 232 Å². The van der Waals surface area contributed by atoms with Crippen LogP contribution in [0.3, 0.4) is 0 Å². The van der Waals surface area contributed by atoms with E-state index < -0.39 is 10.8 Å². The molecular weight excluding hydrogens is 528 g/mol. The molecule has 0 spiro atoms. The van der Waals surface area contributed by atoms with Crippen LogP contribution in [-0.4, -0.2) is 43.1 Å². The normalized spacial score (nSPS) is 15.8. The van der Waals surface area contributed by atoms with Crippen LogP contribution < -0.4 is 4.74 Å². The molecule has 0 aliphatic carbocycles. The molecule has 11 heteroatoms. The van der Waals surface area contributed by atoms with E-state index in [-0.39, 0.29) is 17.1 Å². The summed E-state index contributed by atoms with van der Waals surface area (Å²) in [5, 5.41) is 27.6. The van der Waals surface area contributed by atoms with E-state index in [4.69, 9.17) is 10.1 Å². The van der Waals surface area contributed by atoms with Crippen molar-refractivity contribution in [2.24, 2.45) is 10.1 Å². The van der Waals surface area contributed by atoms with Gasteiger partial charge in [0.15, 0.2) is 5.84 Å². The van der Waals surface area contributed by atoms with Gasteiger partial charge < -0.3 is 9.30 Å². The zero-order chi connectivity index (χ0) is 27.8. The second-order valence-electron chi connectivity index (χ2n) is 9.19. The number of fused-ring (bicyclic) bond motifs is 2. The van der Waals surface area contributed by atoms with Gasteiger partial charge in [0.05, 0.1) is 17.0 Å². The van der Waals surface area contributed by atoms with Gasteiger partial charge in [0.1, 0.15) is 17.4 Å². The number of nitro groups is 1. The summed E-state index contributed by atoms with van der Waals surface area (Å²) in [4.78, 5) is 27.7. The highest BCUT2D eigenvalue weighted by Crippen LogP contribution is 2.32. The van der Waals surface area contributed by atoms with Gasteiger partial charge in [-0.15, -0.1) is 0 Å². The fraction of sp³-hybridized carbons (Fsp3) is 0.103. The Kier molecular flexibility index (Phi) is 6.48. The Morgan fingerprint density at radius 1 is 1.07 bits per heavy atom. The Bertz CT molecular complexity index is 1770. The van der Waals surface area contributed by atoms with Gasteiger partial charge in [-0.3, -0.25) is 20.3 Å². The number of rotatable bonds is 7. The van der Waals surface area contributed by atoms with E-state index >= 15 is 0 Å². The van der Waals surface area contributed by atoms with Gasteiger partial charge in [0.2, 0.25) is 5.17 Å². The SMILES string of the molecule is Cc1ccc(C2=NN3C(=N)/C(=C/c4cn(CCOc5ccc([N+](=O)[O-])cc5)c5ccccc45)C(=O)N=C3S2)cc1. The molecule has 0 saturated carbocycles. The maximum Gasteiger partial charge on any atom is 0.283 e. The summed E-state index contributed by atoms with van der Waals surface area (Å²) < 4.78 is 7.81. The Morgan fingerprint density at radius 2 is 1.82 bits per heavy atom. The maximum absolute atomic E-state index is 13.0. The van der Waals surface area contributed by atoms with Crippen molar-refractivity contribution in [3.63, 3.8) is 0 Å². The standard InChI is InChI=1S/C29H22N6O4S/c1-18-6-8-19(9-7-18)28-32-34-26(30)24(27(36)31-29(34)40-28)16-20-17-33(25-5-3-2-4-23(20)25)14-15-39-22-12-10-21(11-13-22)35(37)38/h2-13,16-17,30H,14-15H2,1H3/b24-16-,30-26?. The minimum Gasteiger partial charge on any atom is -0.492 e. The number of ether oxygens (including phenoxy) is 1. The number of non-ortho nitro benzene ring substituents is 1. The number of carbonyl (C=O) groups excluding carboxylic acids is 1. The third-order valence-electron chi connectivity index (χ3n) is 6.52. The van der Waals surface area contributed by atoms with E-state index in [0.29, 0.717) is 29.1 Å². The van der Waals surface area contributed by atoms with Crippen LogP contribution in [0.5, 0.6) is 5.75 Å². The summed E-state index contributed by atoms with van der Waals surface area (Å²) >= 11 is 1.27. The number of aliphatic imine (C=N–C) groups is 1. The molecule has 10 nitrogen and oxygen atoms in total. The second kappa shape index (κ2) is 10.3. The van der Waals surface area contributed by atoms with Gasteiger partial charge in [-0.1, -0.05) is 48.0 Å². The van der Waals surface area contributed by atoms with E-state index in [0.717, 1.165) is 27.6 Å². The van der Waals surface area contributed by atoms with Crippen LogP contribution >= 0.6 is 11.8 Å². The van der Waals surface area contributed by atoms with Crippen LogP contribution in [0.2, 0.25) is 0 Å². The first-order chi connectivity index (χ1) is 19.4. The molecule has 3 aromatic carbocycles. The average Bonchev–Trinajstić information content (AvgIpc) is 3.53. The number of benzene rings is 3. The number of thioether (sulfide) groups is 1. The first-order valence-electron chi connectivity index (χ1n) is 12.4. The van der Waals surface area contributed by atoms with Crippen LogP contribution in [0, 0.1) is 22.4 Å². The number of para-hydroxylation sites is 1. The molecule has 2 aliphatic heterocycles. The first-order valence-corrected chi connectivity index (χ1v) is 13.2. The third kappa shape index (κ3) is 4.78. The van der Waals surface area contributed by atoms with Gasteiger partial charge in [0, 0.05) is 40.4 Å². The van der Waals surface area contributed by atoms with Crippen molar-refractivity contribution in [2.45, 2.75) is 13.5 Å². The zero-order valence-electron chi connectivity index (χ0n) is 21.3. The minimum absolute atomic E-state index is 0.00491. The summed E-state index contributed by atoms with van der Waals surface area (Å²) in [5.74, 6) is 0.0266. The number of nitrogens with one attached hydrogen (secondary N) is 1. The Balaban J connectivity index is 1.24. The molecule has 3 heterocycles. The lowest BCUT2D eigenvalue weighted by Crippen LogP contribution is -2.35. The van der Waals surface area contributed by atoms with Crippen molar-refractivity contribution >= 4 is 56.4 Å². The van der Waals surface area contributed by atoms with Gasteiger partial charge in [-0.25, -0.2) is 0 Å². The van der Waals surface area contributed by atoms with Crippen LogP contribution in [0.4, 0.5) is 5.69 Å². The summed E-state index contributed by atoms with van der Waals surface area (Å²) in [7, 11) is 0. The lowest BCUT2D eigenvalue weighted by molar-refractivity contribution is -0.384. The molecule has 2 aliphatic rings. The Morgan fingerprint density at radius 3 is 2.58 bits per heavy atom. The molecule has 6 rings (SSSR count). The predicted molar refractivity (Wildman–Crippen MR) is 156 cm³/mol. The largest absolute Gasteiger partial charge is 0.492 e. The third-order valence-corrected chi connectivity index (χ3v) is 7.48. The Hall–Kier alpha value is -5.03. The van der Waals surface area contributed by atoms with E-state index in [1.54, 1.807) is 18.2 Å². The summed E-state index contributed by atoms with van der Waals surface area (Å²) in [5.41, 5.74) is 3.91. The number of aromatic nitrogens is 1. The predicted octanol–water partition coefficient (Wildman–Crippen LogP) is 5.60. The average molecular weight is 551 g/mol. The van der Waals surface area contributed by atoms with E-state index in [9.17, 15) is 14.9 Å². The number of amides is 1. The van der Waals surface area contributed by atoms with Crippen molar-refractivity contribution in [1.82, 2.24) is 9.58 Å². The van der Waals surface area contributed by atoms with Crippen molar-refractivity contribution in [2.75, 3.05) is 6.61 Å². The molecule has 0 saturated heterocycles. The van der Waals surface area contributed by atoms with Gasteiger partial charge in [-0.05, 0) is 43.0 Å². The fourth-order valence-electron chi connectivity index (χ4n) is 4.46. The molecule has 1 aromatic heterocycles. The molecule has 0 atom stereocenters. The highest BCUT2D eigenvalue weighted by molar-refractivity contribution is 8.27. The highest BCUT2D eigenvalue weighted by Gasteiger charge is 2.36. The molecule has 198 valence electrons. The van der Waals surface area contributed by atoms with Crippen LogP contribution in [-0.2, 0) is 11.3 Å². The number of carbonyl (C=O) groups is 1. The number of nitro benzene ring substituents is 1. The number of hydrazone groups is 1. The van der Waals surface area contributed by atoms with Crippen molar-refractivity contribution < 1.29 is 14.5 Å². The molecule has 1 N–H and O–H groups in total. The molecule has 40 heavy (non-hydrogen) atoms. The molecular formula is C29H22N6O4S. The quantitative estimate of drug-likeness (QED) is 0.181. The van der Waals surface area contributed by atoms with E-state index in [1.807, 2.05) is 66.2 Å². The topological polar surface area (TPSA) is 126 Å². The van der Waals surface area contributed by atoms with Gasteiger partial charge >= 0.3 is 0 Å². The number of nitrogens with zero attached hydrogens (tertiary/aromatic N) is 5. The first kappa shape index (κ1) is 25.3.